The number of hydrogen-bond acceptors (Lipinski definition) is 3. The second kappa shape index (κ2) is 6.31. The van der Waals surface area contributed by atoms with Crippen molar-refractivity contribution in [2.45, 2.75) is 6.16 Å². The summed E-state index contributed by atoms with van der Waals surface area (Å²) in [6.07, 6.45) is -0.405. The third kappa shape index (κ3) is 3.64. The van der Waals surface area contributed by atoms with Crippen LogP contribution in [0.25, 0.3) is 11.1 Å². The van der Waals surface area contributed by atoms with Gasteiger partial charge in [-0.15, -0.1) is 0 Å². The van der Waals surface area contributed by atoms with Gasteiger partial charge in [0, 0.05) is 5.56 Å². The van der Waals surface area contributed by atoms with Gasteiger partial charge in [-0.1, -0.05) is 36.4 Å². The first kappa shape index (κ1) is 15.6. The van der Waals surface area contributed by atoms with Crippen LogP contribution in [0.5, 0.6) is 11.5 Å². The van der Waals surface area contributed by atoms with Crippen LogP contribution in [0.2, 0.25) is 0 Å². The van der Waals surface area contributed by atoms with Crippen molar-refractivity contribution < 1.29 is 23.8 Å². The van der Waals surface area contributed by atoms with Crippen LogP contribution in [-0.2, 0) is 10.7 Å². The Morgan fingerprint density at radius 2 is 1.67 bits per heavy atom. The molecule has 5 nitrogen and oxygen atoms in total. The molecule has 0 amide bonds. The molecule has 2 aromatic carbocycles. The number of rotatable bonds is 5. The maximum absolute atomic E-state index is 11.5. The zero-order valence-electron chi connectivity index (χ0n) is 11.8. The van der Waals surface area contributed by atoms with Crippen molar-refractivity contribution in [2.75, 3.05) is 14.2 Å². The zero-order chi connectivity index (χ0) is 15.5. The molecule has 0 aliphatic heterocycles. The van der Waals surface area contributed by atoms with Crippen molar-refractivity contribution in [1.82, 2.24) is 0 Å². The Hall–Kier alpha value is -1.81. The number of methoxy groups -OCH3 is 2. The fourth-order valence-electron chi connectivity index (χ4n) is 2.24. The van der Waals surface area contributed by atoms with Gasteiger partial charge in [-0.2, -0.15) is 0 Å². The summed E-state index contributed by atoms with van der Waals surface area (Å²) in [6, 6.07) is 12.9. The van der Waals surface area contributed by atoms with Gasteiger partial charge in [0.25, 0.3) is 0 Å². The van der Waals surface area contributed by atoms with E-state index in [2.05, 4.69) is 0 Å². The Kier molecular flexibility index (Phi) is 4.68. The maximum Gasteiger partial charge on any atom is 0.330 e. The summed E-state index contributed by atoms with van der Waals surface area (Å²) >= 11 is 0. The smallest absolute Gasteiger partial charge is 0.330 e. The summed E-state index contributed by atoms with van der Waals surface area (Å²) in [5.41, 5.74) is 2.02. The average Bonchev–Trinajstić information content (AvgIpc) is 2.46. The van der Waals surface area contributed by atoms with E-state index in [1.165, 1.54) is 14.2 Å². The Labute approximate surface area is 123 Å². The van der Waals surface area contributed by atoms with Gasteiger partial charge in [-0.3, -0.25) is 4.57 Å². The molecule has 0 bridgehead atoms. The van der Waals surface area contributed by atoms with E-state index < -0.39 is 13.8 Å². The molecule has 0 fully saturated rings. The van der Waals surface area contributed by atoms with E-state index in [1.807, 2.05) is 30.3 Å². The monoisotopic (exact) mass is 308 g/mol. The van der Waals surface area contributed by atoms with E-state index in [9.17, 15) is 14.4 Å². The van der Waals surface area contributed by atoms with E-state index in [0.717, 1.165) is 11.1 Å². The summed E-state index contributed by atoms with van der Waals surface area (Å²) in [7, 11) is -1.30. The molecule has 0 saturated heterocycles. The summed E-state index contributed by atoms with van der Waals surface area (Å²) in [5.74, 6) is 0.794. The van der Waals surface area contributed by atoms with Gasteiger partial charge < -0.3 is 19.3 Å². The van der Waals surface area contributed by atoms with E-state index >= 15 is 0 Å². The van der Waals surface area contributed by atoms with Crippen molar-refractivity contribution in [3.63, 3.8) is 0 Å². The third-order valence-corrected chi connectivity index (χ3v) is 3.83. The van der Waals surface area contributed by atoms with E-state index in [0.29, 0.717) is 17.1 Å². The Morgan fingerprint density at radius 1 is 1.00 bits per heavy atom. The van der Waals surface area contributed by atoms with Crippen LogP contribution in [0.15, 0.2) is 42.5 Å². The first-order valence-electron chi connectivity index (χ1n) is 6.30. The van der Waals surface area contributed by atoms with Crippen LogP contribution in [-0.4, -0.2) is 24.0 Å². The predicted molar refractivity (Wildman–Crippen MR) is 80.7 cm³/mol. The molecular formula is C15H17O5P. The molecule has 0 spiro atoms. The highest BCUT2D eigenvalue weighted by Crippen LogP contribution is 2.47. The molecule has 0 atom stereocenters. The molecule has 2 N–H and O–H groups in total. The third-order valence-electron chi connectivity index (χ3n) is 3.10. The molecule has 112 valence electrons. The van der Waals surface area contributed by atoms with Gasteiger partial charge in [0.05, 0.1) is 20.4 Å². The fourth-order valence-corrected chi connectivity index (χ4v) is 2.97. The average molecular weight is 308 g/mol. The topological polar surface area (TPSA) is 76.0 Å². The van der Waals surface area contributed by atoms with Gasteiger partial charge in [0.2, 0.25) is 0 Å². The molecule has 0 aliphatic rings. The summed E-state index contributed by atoms with van der Waals surface area (Å²) in [6.45, 7) is 0. The molecule has 0 unspecified atom stereocenters. The van der Waals surface area contributed by atoms with Gasteiger partial charge >= 0.3 is 7.60 Å². The van der Waals surface area contributed by atoms with Crippen molar-refractivity contribution in [2.24, 2.45) is 0 Å². The maximum atomic E-state index is 11.5. The molecule has 0 aliphatic carbocycles. The predicted octanol–water partition coefficient (Wildman–Crippen LogP) is 3.05. The number of benzene rings is 2. The number of hydrogen-bond donors (Lipinski definition) is 2. The fraction of sp³-hybridized carbons (Fsp3) is 0.200. The van der Waals surface area contributed by atoms with Crippen molar-refractivity contribution in [3.8, 4) is 22.6 Å². The van der Waals surface area contributed by atoms with Crippen LogP contribution in [0, 0.1) is 0 Å². The molecule has 2 rings (SSSR count). The quantitative estimate of drug-likeness (QED) is 0.830. The zero-order valence-corrected chi connectivity index (χ0v) is 12.7. The lowest BCUT2D eigenvalue weighted by atomic mass is 9.99. The van der Waals surface area contributed by atoms with Crippen LogP contribution >= 0.6 is 7.60 Å². The van der Waals surface area contributed by atoms with Gasteiger partial charge in [-0.25, -0.2) is 0 Å². The normalized spacial score (nSPS) is 11.2. The summed E-state index contributed by atoms with van der Waals surface area (Å²) in [4.78, 5) is 18.7. The van der Waals surface area contributed by atoms with Gasteiger partial charge in [0.15, 0.2) is 11.5 Å². The molecule has 0 aromatic heterocycles. The molecule has 0 heterocycles. The van der Waals surface area contributed by atoms with E-state index in [1.54, 1.807) is 12.1 Å². The Balaban J connectivity index is 2.67. The first-order chi connectivity index (χ1) is 9.96. The SMILES string of the molecule is COc1ccc(-c2ccccc2)c(CP(=O)(O)O)c1OC. The highest BCUT2D eigenvalue weighted by molar-refractivity contribution is 7.50. The standard InChI is InChI=1S/C15H17O5P/c1-19-14-9-8-12(11-6-4-3-5-7-11)13(15(14)20-2)10-21(16,17)18/h3-9H,10H2,1-2H3,(H2,16,17,18). The summed E-state index contributed by atoms with van der Waals surface area (Å²) in [5, 5.41) is 0. The van der Waals surface area contributed by atoms with Crippen molar-refractivity contribution in [3.05, 3.63) is 48.0 Å². The van der Waals surface area contributed by atoms with Crippen LogP contribution in [0.4, 0.5) is 0 Å². The lowest BCUT2D eigenvalue weighted by Crippen LogP contribution is -1.99. The van der Waals surface area contributed by atoms with E-state index in [4.69, 9.17) is 9.47 Å². The lowest BCUT2D eigenvalue weighted by molar-refractivity contribution is 0.348. The minimum Gasteiger partial charge on any atom is -0.493 e. The molecular weight excluding hydrogens is 291 g/mol. The minimum absolute atomic E-state index is 0.349. The second-order valence-electron chi connectivity index (χ2n) is 4.52. The molecule has 6 heteroatoms. The summed E-state index contributed by atoms with van der Waals surface area (Å²) < 4.78 is 22.0. The molecule has 2 aromatic rings. The largest absolute Gasteiger partial charge is 0.493 e. The molecule has 21 heavy (non-hydrogen) atoms. The second-order valence-corrected chi connectivity index (χ2v) is 6.16. The van der Waals surface area contributed by atoms with Gasteiger partial charge in [-0.05, 0) is 17.2 Å². The highest BCUT2D eigenvalue weighted by Gasteiger charge is 2.23. The molecule has 0 radical (unpaired) electrons. The van der Waals surface area contributed by atoms with Crippen molar-refractivity contribution in [1.29, 1.82) is 0 Å². The van der Waals surface area contributed by atoms with Gasteiger partial charge in [0.1, 0.15) is 0 Å². The number of ether oxygens (including phenoxy) is 2. The Bertz CT molecular complexity index is 663. The lowest BCUT2D eigenvalue weighted by Gasteiger charge is -2.17. The Morgan fingerprint density at radius 3 is 2.19 bits per heavy atom. The minimum atomic E-state index is -4.24. The van der Waals surface area contributed by atoms with E-state index in [-0.39, 0.29) is 0 Å². The highest BCUT2D eigenvalue weighted by atomic mass is 31.2. The molecule has 0 saturated carbocycles. The van der Waals surface area contributed by atoms with Crippen LogP contribution in [0.3, 0.4) is 0 Å². The first-order valence-corrected chi connectivity index (χ1v) is 8.10. The van der Waals surface area contributed by atoms with Crippen LogP contribution < -0.4 is 9.47 Å². The van der Waals surface area contributed by atoms with Crippen LogP contribution in [0.1, 0.15) is 5.56 Å². The van der Waals surface area contributed by atoms with Crippen molar-refractivity contribution >= 4 is 7.60 Å².